The van der Waals surface area contributed by atoms with E-state index >= 15 is 0 Å². The molecule has 1 spiro atoms. The van der Waals surface area contributed by atoms with Crippen LogP contribution >= 0.6 is 11.6 Å². The van der Waals surface area contributed by atoms with Gasteiger partial charge in [-0.2, -0.15) is 0 Å². The van der Waals surface area contributed by atoms with E-state index in [4.69, 9.17) is 16.3 Å². The van der Waals surface area contributed by atoms with E-state index in [1.54, 1.807) is 17.0 Å². The molecule has 1 saturated heterocycles. The Morgan fingerprint density at radius 3 is 2.55 bits per heavy atom. The number of hydrogen-bond donors (Lipinski definition) is 4. The Morgan fingerprint density at radius 1 is 1.19 bits per heavy atom. The van der Waals surface area contributed by atoms with Crippen LogP contribution in [-0.2, 0) is 0 Å². The van der Waals surface area contributed by atoms with Crippen LogP contribution < -0.4 is 20.3 Å². The molecule has 166 valence electrons. The molecule has 0 radical (unpaired) electrons. The van der Waals surface area contributed by atoms with Gasteiger partial charge < -0.3 is 25.4 Å². The Bertz CT molecular complexity index is 934. The van der Waals surface area contributed by atoms with Crippen molar-refractivity contribution >= 4 is 17.3 Å². The molecule has 0 amide bonds. The van der Waals surface area contributed by atoms with Crippen LogP contribution in [0.3, 0.4) is 0 Å². The summed E-state index contributed by atoms with van der Waals surface area (Å²) < 4.78 is 5.62. The maximum Gasteiger partial charge on any atom is 0.180 e. The van der Waals surface area contributed by atoms with Gasteiger partial charge in [0.15, 0.2) is 5.66 Å². The number of phenols is 1. The van der Waals surface area contributed by atoms with E-state index in [1.165, 1.54) is 0 Å². The summed E-state index contributed by atoms with van der Waals surface area (Å²) in [7, 11) is 0. The van der Waals surface area contributed by atoms with Gasteiger partial charge in [-0.05, 0) is 68.8 Å². The summed E-state index contributed by atoms with van der Waals surface area (Å²) in [6, 6.07) is 14.2. The molecule has 2 aromatic carbocycles. The van der Waals surface area contributed by atoms with Crippen molar-refractivity contribution in [1.82, 2.24) is 5.32 Å². The number of hydrogen-bond acceptors (Lipinski definition) is 3. The lowest BCUT2D eigenvalue weighted by molar-refractivity contribution is -0.938. The topological polar surface area (TPSA) is 62.5 Å². The van der Waals surface area contributed by atoms with Gasteiger partial charge in [0, 0.05) is 16.8 Å². The van der Waals surface area contributed by atoms with Gasteiger partial charge in [-0.15, -0.1) is 0 Å². The molecule has 5 nitrogen and oxygen atoms in total. The smallest absolute Gasteiger partial charge is 0.180 e. The van der Waals surface area contributed by atoms with Crippen molar-refractivity contribution in [2.75, 3.05) is 19.7 Å². The van der Waals surface area contributed by atoms with Crippen LogP contribution in [0.2, 0.25) is 5.02 Å². The fraction of sp³-hybridized carbons (Fsp3) is 0.440. The second kappa shape index (κ2) is 9.11. The van der Waals surface area contributed by atoms with Crippen molar-refractivity contribution in [3.05, 3.63) is 64.7 Å². The number of ether oxygens (including phenoxy) is 1. The number of nitrogens with one attached hydrogen (secondary N) is 2. The number of aromatic hydroxyl groups is 1. The van der Waals surface area contributed by atoms with Crippen LogP contribution in [0.5, 0.6) is 11.5 Å². The first kappa shape index (κ1) is 22.0. The maximum atomic E-state index is 10.6. The van der Waals surface area contributed by atoms with E-state index in [0.29, 0.717) is 17.7 Å². The van der Waals surface area contributed by atoms with Crippen molar-refractivity contribution in [2.45, 2.75) is 51.4 Å². The molecule has 0 aliphatic carbocycles. The molecule has 1 atom stereocenters. The maximum absolute atomic E-state index is 10.6. The van der Waals surface area contributed by atoms with Gasteiger partial charge in [0.25, 0.3) is 0 Å². The average molecular weight is 444 g/mol. The molecule has 6 heteroatoms. The lowest BCUT2D eigenvalue weighted by Gasteiger charge is -2.44. The van der Waals surface area contributed by atoms with Crippen molar-refractivity contribution in [1.29, 1.82) is 0 Å². The number of piperidine rings is 1. The standard InChI is InChI=1S/C25H32ClN3O2/c1-4-31-20-8-5-18(6-9-20)22-16-23(21-15-19(26)7-10-24(21)30)28-25(27-22)11-13-29(14-12-25)17(2)3/h5-10,15-17,23,27-28,30H,4,11-14H2,1-3H3/p+2. The van der Waals surface area contributed by atoms with Crippen molar-refractivity contribution in [2.24, 2.45) is 0 Å². The first-order chi connectivity index (χ1) is 14.9. The fourth-order valence-corrected chi connectivity index (χ4v) is 5.03. The van der Waals surface area contributed by atoms with Crippen LogP contribution in [0.25, 0.3) is 5.70 Å². The second-order valence-corrected chi connectivity index (χ2v) is 9.46. The molecule has 2 aliphatic rings. The summed E-state index contributed by atoms with van der Waals surface area (Å²) in [5.74, 6) is 1.16. The summed E-state index contributed by atoms with van der Waals surface area (Å²) >= 11 is 6.29. The highest BCUT2D eigenvalue weighted by Crippen LogP contribution is 2.32. The lowest BCUT2D eigenvalue weighted by atomic mass is 9.89. The molecule has 0 aromatic heterocycles. The number of phenolic OH excluding ortho intramolecular Hbond substituents is 1. The van der Waals surface area contributed by atoms with E-state index in [1.807, 2.05) is 25.1 Å². The monoisotopic (exact) mass is 443 g/mol. The lowest BCUT2D eigenvalue weighted by Crippen LogP contribution is -3.19. The molecule has 4 rings (SSSR count). The third kappa shape index (κ3) is 4.84. The first-order valence-corrected chi connectivity index (χ1v) is 11.7. The van der Waals surface area contributed by atoms with Crippen LogP contribution in [0.15, 0.2) is 48.5 Å². The van der Waals surface area contributed by atoms with Gasteiger partial charge in [-0.1, -0.05) is 11.6 Å². The number of benzene rings is 2. The molecule has 1 fully saturated rings. The predicted molar refractivity (Wildman–Crippen MR) is 124 cm³/mol. The van der Waals surface area contributed by atoms with E-state index in [2.05, 4.69) is 42.7 Å². The van der Waals surface area contributed by atoms with Crippen LogP contribution in [-0.4, -0.2) is 36.5 Å². The van der Waals surface area contributed by atoms with Crippen molar-refractivity contribution in [3.63, 3.8) is 0 Å². The van der Waals surface area contributed by atoms with Gasteiger partial charge in [0.2, 0.25) is 0 Å². The molecule has 5 N–H and O–H groups in total. The minimum atomic E-state index is -0.0967. The first-order valence-electron chi connectivity index (χ1n) is 11.3. The normalized spacial score (nSPS) is 25.9. The van der Waals surface area contributed by atoms with Crippen molar-refractivity contribution in [3.8, 4) is 11.5 Å². The molecule has 31 heavy (non-hydrogen) atoms. The Hall–Kier alpha value is -2.21. The molecular formula is C25H34ClN3O2+2. The highest BCUT2D eigenvalue weighted by molar-refractivity contribution is 6.30. The summed E-state index contributed by atoms with van der Waals surface area (Å²) in [5.41, 5.74) is 2.99. The Balaban J connectivity index is 1.68. The van der Waals surface area contributed by atoms with Gasteiger partial charge in [0.1, 0.15) is 17.5 Å². The van der Waals surface area contributed by atoms with Crippen LogP contribution in [0.1, 0.15) is 50.8 Å². The van der Waals surface area contributed by atoms with Crippen molar-refractivity contribution < 1.29 is 20.1 Å². The Labute approximate surface area is 190 Å². The van der Waals surface area contributed by atoms with Gasteiger partial charge in [-0.25, -0.2) is 0 Å². The molecule has 0 bridgehead atoms. The Morgan fingerprint density at radius 2 is 1.90 bits per heavy atom. The zero-order valence-corrected chi connectivity index (χ0v) is 19.4. The summed E-state index contributed by atoms with van der Waals surface area (Å²) in [6.45, 7) is 9.50. The predicted octanol–water partition coefficient (Wildman–Crippen LogP) is 2.48. The summed E-state index contributed by atoms with van der Waals surface area (Å²) in [5, 5.41) is 17.5. The third-order valence-corrected chi connectivity index (χ3v) is 6.89. The highest BCUT2D eigenvalue weighted by Gasteiger charge is 2.45. The number of halogens is 1. The van der Waals surface area contributed by atoms with E-state index < -0.39 is 0 Å². The van der Waals surface area contributed by atoms with E-state index in [9.17, 15) is 5.11 Å². The van der Waals surface area contributed by atoms with Gasteiger partial charge >= 0.3 is 0 Å². The quantitative estimate of drug-likeness (QED) is 0.574. The zero-order valence-electron chi connectivity index (χ0n) is 18.6. The minimum absolute atomic E-state index is 0.0119. The number of nitrogens with two attached hydrogens (primary N) is 1. The van der Waals surface area contributed by atoms with E-state index in [0.717, 1.165) is 48.5 Å². The van der Waals surface area contributed by atoms with Crippen LogP contribution in [0.4, 0.5) is 0 Å². The second-order valence-electron chi connectivity index (χ2n) is 9.03. The number of quaternary nitrogens is 2. The van der Waals surface area contributed by atoms with Crippen LogP contribution in [0, 0.1) is 0 Å². The third-order valence-electron chi connectivity index (χ3n) is 6.65. The van der Waals surface area contributed by atoms with E-state index in [-0.39, 0.29) is 17.5 Å². The molecular weight excluding hydrogens is 410 g/mol. The zero-order chi connectivity index (χ0) is 22.0. The molecule has 2 heterocycles. The summed E-state index contributed by atoms with van der Waals surface area (Å²) in [4.78, 5) is 1.65. The molecule has 2 aliphatic heterocycles. The van der Waals surface area contributed by atoms with Gasteiger partial charge in [-0.3, -0.25) is 0 Å². The molecule has 0 saturated carbocycles. The largest absolute Gasteiger partial charge is 0.507 e. The Kier molecular flexibility index (Phi) is 6.47. The highest BCUT2D eigenvalue weighted by atomic mass is 35.5. The van der Waals surface area contributed by atoms with Gasteiger partial charge in [0.05, 0.1) is 44.1 Å². The number of likely N-dealkylation sites (tertiary alicyclic amines) is 1. The molecule has 2 aromatic rings. The average Bonchev–Trinajstić information content (AvgIpc) is 2.76. The SMILES string of the molecule is CCOc1ccc(C2=CC(c3cc(Cl)ccc3O)[NH2+]C3(CC[NH+](C(C)C)CC3)N2)cc1. The minimum Gasteiger partial charge on any atom is -0.507 e. The summed E-state index contributed by atoms with van der Waals surface area (Å²) in [6.07, 6.45) is 4.33. The number of rotatable bonds is 5. The molecule has 1 unspecified atom stereocenters. The fourth-order valence-electron chi connectivity index (χ4n) is 4.85.